The number of hydrogen-bond donors (Lipinski definition) is 2. The van der Waals surface area contributed by atoms with E-state index < -0.39 is 0 Å². The number of rotatable bonds is 5. The molecule has 2 aromatic rings. The molecule has 0 bridgehead atoms. The van der Waals surface area contributed by atoms with E-state index in [0.717, 1.165) is 12.1 Å². The number of nitrogens with one attached hydrogen (secondary N) is 1. The zero-order chi connectivity index (χ0) is 14.5. The van der Waals surface area contributed by atoms with E-state index in [1.807, 2.05) is 12.3 Å². The van der Waals surface area contributed by atoms with Gasteiger partial charge in [0.1, 0.15) is 0 Å². The van der Waals surface area contributed by atoms with Crippen LogP contribution < -0.4 is 11.3 Å². The molecule has 2 rings (SSSR count). The minimum Gasteiger partial charge on any atom is -0.271 e. The van der Waals surface area contributed by atoms with Crippen LogP contribution in [0.3, 0.4) is 0 Å². The largest absolute Gasteiger partial charge is 0.271 e. The summed E-state index contributed by atoms with van der Waals surface area (Å²) in [5.74, 6) is 6.25. The lowest BCUT2D eigenvalue weighted by atomic mass is 9.98. The quantitative estimate of drug-likeness (QED) is 0.647. The van der Waals surface area contributed by atoms with Gasteiger partial charge < -0.3 is 0 Å². The van der Waals surface area contributed by atoms with Crippen LogP contribution in [0, 0.1) is 6.92 Å². The molecule has 0 fully saturated rings. The summed E-state index contributed by atoms with van der Waals surface area (Å²) in [5.41, 5.74) is 7.68. The van der Waals surface area contributed by atoms with E-state index in [2.05, 4.69) is 61.5 Å². The van der Waals surface area contributed by atoms with Gasteiger partial charge in [-0.05, 0) is 48.1 Å². The Balaban J connectivity index is 2.14. The van der Waals surface area contributed by atoms with Gasteiger partial charge >= 0.3 is 0 Å². The van der Waals surface area contributed by atoms with Crippen molar-refractivity contribution in [1.82, 2.24) is 10.4 Å². The van der Waals surface area contributed by atoms with Gasteiger partial charge in [-0.1, -0.05) is 38.1 Å². The van der Waals surface area contributed by atoms with Crippen LogP contribution in [0.5, 0.6) is 0 Å². The topological polar surface area (TPSA) is 50.9 Å². The smallest absolute Gasteiger partial charge is 0.0672 e. The highest BCUT2D eigenvalue weighted by Gasteiger charge is 2.12. The fourth-order valence-electron chi connectivity index (χ4n) is 2.27. The molecule has 1 atom stereocenters. The first-order chi connectivity index (χ1) is 9.60. The Hall–Kier alpha value is -1.71. The summed E-state index contributed by atoms with van der Waals surface area (Å²) in [6.07, 6.45) is 2.67. The predicted octanol–water partition coefficient (Wildman–Crippen LogP) is 3.26. The molecule has 0 saturated heterocycles. The molecule has 3 nitrogen and oxygen atoms in total. The maximum absolute atomic E-state index is 5.69. The molecule has 106 valence electrons. The summed E-state index contributed by atoms with van der Waals surface area (Å²) in [4.78, 5) is 4.41. The number of nitrogens with two attached hydrogens (primary N) is 1. The number of hydrogen-bond acceptors (Lipinski definition) is 3. The minimum atomic E-state index is 0.0415. The van der Waals surface area contributed by atoms with Gasteiger partial charge in [-0.2, -0.15) is 0 Å². The number of benzene rings is 1. The fourth-order valence-corrected chi connectivity index (χ4v) is 2.27. The van der Waals surface area contributed by atoms with Crippen molar-refractivity contribution in [2.24, 2.45) is 5.84 Å². The molecule has 3 N–H and O–H groups in total. The molecule has 1 aromatic heterocycles. The van der Waals surface area contributed by atoms with Crippen molar-refractivity contribution in [2.75, 3.05) is 0 Å². The lowest BCUT2D eigenvalue weighted by Crippen LogP contribution is -2.30. The van der Waals surface area contributed by atoms with E-state index in [9.17, 15) is 0 Å². The Bertz CT molecular complexity index is 546. The van der Waals surface area contributed by atoms with Crippen LogP contribution in [0.15, 0.2) is 42.6 Å². The zero-order valence-electron chi connectivity index (χ0n) is 12.4. The number of hydrazine groups is 1. The Labute approximate surface area is 121 Å². The van der Waals surface area contributed by atoms with Crippen molar-refractivity contribution >= 4 is 0 Å². The van der Waals surface area contributed by atoms with Crippen LogP contribution in [0.25, 0.3) is 0 Å². The molecule has 1 heterocycles. The molecule has 0 spiro atoms. The van der Waals surface area contributed by atoms with Crippen LogP contribution >= 0.6 is 0 Å². The number of nitrogens with zero attached hydrogens (tertiary/aromatic N) is 1. The first-order valence-corrected chi connectivity index (χ1v) is 7.07. The first kappa shape index (κ1) is 14.7. The lowest BCUT2D eigenvalue weighted by molar-refractivity contribution is 0.538. The maximum atomic E-state index is 5.69. The van der Waals surface area contributed by atoms with Gasteiger partial charge in [-0.25, -0.2) is 0 Å². The molecule has 0 saturated carbocycles. The molecule has 1 aromatic carbocycles. The van der Waals surface area contributed by atoms with Crippen LogP contribution in [-0.2, 0) is 6.42 Å². The van der Waals surface area contributed by atoms with Crippen LogP contribution in [-0.4, -0.2) is 4.98 Å². The Kier molecular flexibility index (Phi) is 4.88. The van der Waals surface area contributed by atoms with Crippen LogP contribution in [0.1, 0.15) is 48.2 Å². The molecule has 0 aliphatic rings. The van der Waals surface area contributed by atoms with Gasteiger partial charge in [-0.15, -0.1) is 0 Å². The highest BCUT2D eigenvalue weighted by Crippen LogP contribution is 2.19. The summed E-state index contributed by atoms with van der Waals surface area (Å²) in [7, 11) is 0. The van der Waals surface area contributed by atoms with E-state index in [-0.39, 0.29) is 6.04 Å². The van der Waals surface area contributed by atoms with Gasteiger partial charge in [0.15, 0.2) is 0 Å². The van der Waals surface area contributed by atoms with Gasteiger partial charge in [0.05, 0.1) is 11.7 Å². The normalized spacial score (nSPS) is 12.7. The van der Waals surface area contributed by atoms with E-state index in [1.165, 1.54) is 16.7 Å². The van der Waals surface area contributed by atoms with Crippen molar-refractivity contribution in [3.05, 3.63) is 65.0 Å². The van der Waals surface area contributed by atoms with Crippen molar-refractivity contribution in [1.29, 1.82) is 0 Å². The first-order valence-electron chi connectivity index (χ1n) is 7.07. The molecular formula is C17H23N3. The fraction of sp³-hybridized carbons (Fsp3) is 0.353. The summed E-state index contributed by atoms with van der Waals surface area (Å²) >= 11 is 0. The third kappa shape index (κ3) is 3.65. The summed E-state index contributed by atoms with van der Waals surface area (Å²) < 4.78 is 0. The van der Waals surface area contributed by atoms with E-state index in [4.69, 9.17) is 5.84 Å². The highest BCUT2D eigenvalue weighted by molar-refractivity contribution is 5.27. The van der Waals surface area contributed by atoms with Crippen molar-refractivity contribution in [2.45, 2.75) is 39.2 Å². The van der Waals surface area contributed by atoms with Crippen molar-refractivity contribution in [3.8, 4) is 0 Å². The standard InChI is InChI=1S/C17H23N3/c1-12(2)15-6-4-14(5-7-15)11-17(20-18)16-10-13(3)8-9-19-16/h4-10,12,17,20H,11,18H2,1-3H3. The molecule has 1 unspecified atom stereocenters. The molecule has 20 heavy (non-hydrogen) atoms. The Morgan fingerprint density at radius 1 is 1.15 bits per heavy atom. The van der Waals surface area contributed by atoms with E-state index in [1.54, 1.807) is 0 Å². The third-order valence-electron chi connectivity index (χ3n) is 3.58. The average Bonchev–Trinajstić information content (AvgIpc) is 2.45. The zero-order valence-corrected chi connectivity index (χ0v) is 12.4. The summed E-state index contributed by atoms with van der Waals surface area (Å²) in [5, 5.41) is 0. The lowest BCUT2D eigenvalue weighted by Gasteiger charge is -2.16. The van der Waals surface area contributed by atoms with Gasteiger partial charge in [0, 0.05) is 6.20 Å². The second-order valence-corrected chi connectivity index (χ2v) is 5.58. The van der Waals surface area contributed by atoms with Gasteiger partial charge in [0.2, 0.25) is 0 Å². The van der Waals surface area contributed by atoms with Crippen molar-refractivity contribution < 1.29 is 0 Å². The summed E-state index contributed by atoms with van der Waals surface area (Å²) in [6.45, 7) is 6.47. The SMILES string of the molecule is Cc1ccnc(C(Cc2ccc(C(C)C)cc2)NN)c1. The molecule has 0 aliphatic carbocycles. The van der Waals surface area contributed by atoms with Crippen molar-refractivity contribution in [3.63, 3.8) is 0 Å². The number of aryl methyl sites for hydroxylation is 1. The number of pyridine rings is 1. The predicted molar refractivity (Wildman–Crippen MR) is 83.3 cm³/mol. The van der Waals surface area contributed by atoms with E-state index in [0.29, 0.717) is 5.92 Å². The second-order valence-electron chi connectivity index (χ2n) is 5.58. The van der Waals surface area contributed by atoms with Gasteiger partial charge in [-0.3, -0.25) is 16.3 Å². The van der Waals surface area contributed by atoms with Crippen LogP contribution in [0.4, 0.5) is 0 Å². The van der Waals surface area contributed by atoms with Crippen LogP contribution in [0.2, 0.25) is 0 Å². The second kappa shape index (κ2) is 6.64. The third-order valence-corrected chi connectivity index (χ3v) is 3.58. The monoisotopic (exact) mass is 269 g/mol. The average molecular weight is 269 g/mol. The molecule has 0 amide bonds. The minimum absolute atomic E-state index is 0.0415. The molecule has 3 heteroatoms. The van der Waals surface area contributed by atoms with Gasteiger partial charge in [0.25, 0.3) is 0 Å². The Morgan fingerprint density at radius 2 is 1.85 bits per heavy atom. The van der Waals surface area contributed by atoms with E-state index >= 15 is 0 Å². The Morgan fingerprint density at radius 3 is 2.40 bits per heavy atom. The highest BCUT2D eigenvalue weighted by atomic mass is 15.2. The number of aromatic nitrogens is 1. The molecular weight excluding hydrogens is 246 g/mol. The molecule has 0 aliphatic heterocycles. The maximum Gasteiger partial charge on any atom is 0.0672 e. The molecule has 0 radical (unpaired) electrons. The summed E-state index contributed by atoms with van der Waals surface area (Å²) in [6, 6.07) is 12.8.